The largest absolute Gasteiger partial charge is 0.371 e. The fraction of sp³-hybridized carbons (Fsp3) is 0.435. The van der Waals surface area contributed by atoms with E-state index in [1.807, 2.05) is 0 Å². The van der Waals surface area contributed by atoms with Crippen LogP contribution in [0.25, 0.3) is 0 Å². The predicted octanol–water partition coefficient (Wildman–Crippen LogP) is 3.22. The van der Waals surface area contributed by atoms with Crippen molar-refractivity contribution in [1.82, 2.24) is 10.2 Å². The van der Waals surface area contributed by atoms with Crippen molar-refractivity contribution in [2.24, 2.45) is 0 Å². The molecule has 2 aromatic rings. The summed E-state index contributed by atoms with van der Waals surface area (Å²) in [5, 5.41) is 3.35. The van der Waals surface area contributed by atoms with Gasteiger partial charge in [0.2, 0.25) is 5.91 Å². The van der Waals surface area contributed by atoms with Gasteiger partial charge >= 0.3 is 0 Å². The lowest BCUT2D eigenvalue weighted by Gasteiger charge is -2.38. The average Bonchev–Trinajstić information content (AvgIpc) is 2.74. The maximum Gasteiger partial charge on any atom is 0.237 e. The molecule has 0 bridgehead atoms. The lowest BCUT2D eigenvalue weighted by atomic mass is 9.93. The summed E-state index contributed by atoms with van der Waals surface area (Å²) in [5.74, 6) is 0.199. The SMILES string of the molecule is CCN1Cc2ccccc2C[C@H]1C(=O)NC1CCN(c2ccccc2)CC1. The number of carbonyl (C=O) groups excluding carboxylic acids is 1. The first-order valence-electron chi connectivity index (χ1n) is 10.2. The van der Waals surface area contributed by atoms with Crippen LogP contribution in [0.2, 0.25) is 0 Å². The first-order chi connectivity index (χ1) is 13.2. The monoisotopic (exact) mass is 363 g/mol. The van der Waals surface area contributed by atoms with Crippen LogP contribution in [0.3, 0.4) is 0 Å². The van der Waals surface area contributed by atoms with Crippen molar-refractivity contribution in [3.05, 3.63) is 65.7 Å². The number of hydrogen-bond donors (Lipinski definition) is 1. The van der Waals surface area contributed by atoms with E-state index in [0.29, 0.717) is 0 Å². The van der Waals surface area contributed by atoms with Gasteiger partial charge in [-0.25, -0.2) is 0 Å². The summed E-state index contributed by atoms with van der Waals surface area (Å²) in [6, 6.07) is 19.3. The zero-order chi connectivity index (χ0) is 18.6. The molecular formula is C23H29N3O. The van der Waals surface area contributed by atoms with Crippen LogP contribution in [0, 0.1) is 0 Å². The number of para-hydroxylation sites is 1. The van der Waals surface area contributed by atoms with Gasteiger partial charge in [0.25, 0.3) is 0 Å². The van der Waals surface area contributed by atoms with Crippen molar-refractivity contribution in [3.63, 3.8) is 0 Å². The van der Waals surface area contributed by atoms with Crippen LogP contribution in [0.1, 0.15) is 30.9 Å². The minimum Gasteiger partial charge on any atom is -0.371 e. The molecule has 0 spiro atoms. The molecule has 4 heteroatoms. The summed E-state index contributed by atoms with van der Waals surface area (Å²) in [7, 11) is 0. The summed E-state index contributed by atoms with van der Waals surface area (Å²) in [5.41, 5.74) is 3.96. The number of carbonyl (C=O) groups is 1. The first kappa shape index (κ1) is 18.1. The Balaban J connectivity index is 1.35. The Morgan fingerprint density at radius 3 is 2.37 bits per heavy atom. The van der Waals surface area contributed by atoms with E-state index in [1.54, 1.807) is 0 Å². The van der Waals surface area contributed by atoms with Gasteiger partial charge in [-0.2, -0.15) is 0 Å². The Morgan fingerprint density at radius 1 is 1.00 bits per heavy atom. The van der Waals surface area contributed by atoms with Gasteiger partial charge in [-0.05, 0) is 49.1 Å². The minimum absolute atomic E-state index is 0.0444. The summed E-state index contributed by atoms with van der Waals surface area (Å²) in [6.07, 6.45) is 2.84. The fourth-order valence-electron chi connectivity index (χ4n) is 4.39. The lowest BCUT2D eigenvalue weighted by Crippen LogP contribution is -2.54. The Bertz CT molecular complexity index is 768. The molecule has 142 valence electrons. The second-order valence-electron chi connectivity index (χ2n) is 7.66. The van der Waals surface area contributed by atoms with Gasteiger partial charge in [-0.15, -0.1) is 0 Å². The van der Waals surface area contributed by atoms with Gasteiger partial charge in [0, 0.05) is 31.4 Å². The highest BCUT2D eigenvalue weighted by molar-refractivity contribution is 5.82. The standard InChI is InChI=1S/C23H29N3O/c1-2-25-17-19-9-7-6-8-18(19)16-22(25)23(27)24-20-12-14-26(15-13-20)21-10-4-3-5-11-21/h3-11,20,22H,2,12-17H2,1H3,(H,24,27)/t22-/m0/s1. The van der Waals surface area contributed by atoms with E-state index < -0.39 is 0 Å². The van der Waals surface area contributed by atoms with Crippen LogP contribution >= 0.6 is 0 Å². The Labute approximate surface area is 162 Å². The quantitative estimate of drug-likeness (QED) is 0.906. The normalized spacial score (nSPS) is 20.9. The molecule has 1 atom stereocenters. The number of rotatable bonds is 4. The van der Waals surface area contributed by atoms with E-state index in [-0.39, 0.29) is 18.0 Å². The molecule has 0 radical (unpaired) electrons. The molecule has 27 heavy (non-hydrogen) atoms. The minimum atomic E-state index is -0.0444. The smallest absolute Gasteiger partial charge is 0.237 e. The molecule has 4 nitrogen and oxygen atoms in total. The highest BCUT2D eigenvalue weighted by Gasteiger charge is 2.32. The number of amides is 1. The maximum atomic E-state index is 13.0. The van der Waals surface area contributed by atoms with E-state index in [1.165, 1.54) is 16.8 Å². The second-order valence-corrected chi connectivity index (χ2v) is 7.66. The molecule has 1 fully saturated rings. The van der Waals surface area contributed by atoms with Crippen LogP contribution in [-0.4, -0.2) is 42.5 Å². The summed E-state index contributed by atoms with van der Waals surface area (Å²) >= 11 is 0. The van der Waals surface area contributed by atoms with Gasteiger partial charge < -0.3 is 10.2 Å². The molecule has 1 N–H and O–H groups in total. The number of anilines is 1. The van der Waals surface area contributed by atoms with Crippen LogP contribution in [-0.2, 0) is 17.8 Å². The number of benzene rings is 2. The highest BCUT2D eigenvalue weighted by atomic mass is 16.2. The number of likely N-dealkylation sites (N-methyl/N-ethyl adjacent to an activating group) is 1. The molecular weight excluding hydrogens is 334 g/mol. The van der Waals surface area contributed by atoms with Gasteiger partial charge in [-0.1, -0.05) is 49.4 Å². The summed E-state index contributed by atoms with van der Waals surface area (Å²) < 4.78 is 0. The van der Waals surface area contributed by atoms with Crippen molar-refractivity contribution in [2.75, 3.05) is 24.5 Å². The van der Waals surface area contributed by atoms with Gasteiger partial charge in [0.1, 0.15) is 0 Å². The molecule has 0 aliphatic carbocycles. The molecule has 4 rings (SSSR count). The molecule has 1 saturated heterocycles. The van der Waals surface area contributed by atoms with Crippen LogP contribution in [0.5, 0.6) is 0 Å². The number of nitrogens with one attached hydrogen (secondary N) is 1. The molecule has 2 aromatic carbocycles. The Morgan fingerprint density at radius 2 is 1.67 bits per heavy atom. The topological polar surface area (TPSA) is 35.6 Å². The third kappa shape index (κ3) is 4.01. The van der Waals surface area contributed by atoms with Crippen molar-refractivity contribution >= 4 is 11.6 Å². The zero-order valence-electron chi connectivity index (χ0n) is 16.1. The second kappa shape index (κ2) is 8.13. The van der Waals surface area contributed by atoms with E-state index >= 15 is 0 Å². The lowest BCUT2D eigenvalue weighted by molar-refractivity contribution is -0.127. The number of hydrogen-bond acceptors (Lipinski definition) is 3. The molecule has 0 saturated carbocycles. The van der Waals surface area contributed by atoms with Crippen LogP contribution in [0.15, 0.2) is 54.6 Å². The summed E-state index contributed by atoms with van der Waals surface area (Å²) in [6.45, 7) is 5.92. The van der Waals surface area contributed by atoms with Gasteiger partial charge in [0.15, 0.2) is 0 Å². The van der Waals surface area contributed by atoms with Crippen LogP contribution in [0.4, 0.5) is 5.69 Å². The molecule has 0 unspecified atom stereocenters. The van der Waals surface area contributed by atoms with Gasteiger partial charge in [-0.3, -0.25) is 9.69 Å². The molecule has 0 aromatic heterocycles. The van der Waals surface area contributed by atoms with E-state index in [0.717, 1.165) is 45.4 Å². The number of fused-ring (bicyclic) bond motifs is 1. The van der Waals surface area contributed by atoms with E-state index in [4.69, 9.17) is 0 Å². The Hall–Kier alpha value is -2.33. The predicted molar refractivity (Wildman–Crippen MR) is 110 cm³/mol. The van der Waals surface area contributed by atoms with Gasteiger partial charge in [0.05, 0.1) is 6.04 Å². The van der Waals surface area contributed by atoms with Crippen molar-refractivity contribution in [1.29, 1.82) is 0 Å². The third-order valence-corrected chi connectivity index (χ3v) is 6.02. The maximum absolute atomic E-state index is 13.0. The number of piperidine rings is 1. The van der Waals surface area contributed by atoms with E-state index in [9.17, 15) is 4.79 Å². The highest BCUT2D eigenvalue weighted by Crippen LogP contribution is 2.24. The fourth-order valence-corrected chi connectivity index (χ4v) is 4.39. The molecule has 2 aliphatic heterocycles. The van der Waals surface area contributed by atoms with Crippen LogP contribution < -0.4 is 10.2 Å². The van der Waals surface area contributed by atoms with Crippen molar-refractivity contribution in [2.45, 2.75) is 44.8 Å². The molecule has 1 amide bonds. The summed E-state index contributed by atoms with van der Waals surface area (Å²) in [4.78, 5) is 17.7. The Kier molecular flexibility index (Phi) is 5.44. The zero-order valence-corrected chi connectivity index (χ0v) is 16.1. The molecule has 2 aliphatic rings. The average molecular weight is 364 g/mol. The molecule has 2 heterocycles. The third-order valence-electron chi connectivity index (χ3n) is 6.02. The first-order valence-corrected chi connectivity index (χ1v) is 10.2. The van der Waals surface area contributed by atoms with E-state index in [2.05, 4.69) is 76.6 Å². The van der Waals surface area contributed by atoms with Crippen molar-refractivity contribution < 1.29 is 4.79 Å². The van der Waals surface area contributed by atoms with Crippen molar-refractivity contribution in [3.8, 4) is 0 Å². The number of nitrogens with zero attached hydrogens (tertiary/aromatic N) is 2.